The van der Waals surface area contributed by atoms with Crippen LogP contribution < -0.4 is 10.1 Å². The van der Waals surface area contributed by atoms with Gasteiger partial charge in [0.15, 0.2) is 0 Å². The molecule has 2 N–H and O–H groups in total. The first-order valence-electron chi connectivity index (χ1n) is 9.73. The minimum atomic E-state index is -0.830. The maximum absolute atomic E-state index is 12.3. The summed E-state index contributed by atoms with van der Waals surface area (Å²) in [4.78, 5) is 27.3. The molecule has 0 bridgehead atoms. The summed E-state index contributed by atoms with van der Waals surface area (Å²) in [6.07, 6.45) is 1.36. The normalized spacial score (nSPS) is 17.0. The van der Waals surface area contributed by atoms with E-state index in [0.717, 1.165) is 37.4 Å². The minimum Gasteiger partial charge on any atom is -0.492 e. The molecule has 7 nitrogen and oxygen atoms in total. The van der Waals surface area contributed by atoms with E-state index in [-0.39, 0.29) is 12.6 Å². The number of hydrogen-bond donors (Lipinski definition) is 2. The highest BCUT2D eigenvalue weighted by atomic mass is 16.5. The van der Waals surface area contributed by atoms with E-state index in [0.29, 0.717) is 26.1 Å². The molecule has 150 valence electrons. The first-order chi connectivity index (χ1) is 13.0. The zero-order chi connectivity index (χ0) is 19.6. The number of carboxylic acids is 1. The quantitative estimate of drug-likeness (QED) is 0.691. The van der Waals surface area contributed by atoms with E-state index in [9.17, 15) is 9.59 Å². The van der Waals surface area contributed by atoms with Gasteiger partial charge >= 0.3 is 12.0 Å². The molecule has 2 rings (SSSR count). The Morgan fingerprint density at radius 3 is 2.59 bits per heavy atom. The van der Waals surface area contributed by atoms with Crippen LogP contribution in [-0.2, 0) is 11.3 Å². The Morgan fingerprint density at radius 2 is 1.96 bits per heavy atom. The molecule has 0 aromatic heterocycles. The second-order valence-corrected chi connectivity index (χ2v) is 6.80. The lowest BCUT2D eigenvalue weighted by atomic mass is 9.99. The predicted molar refractivity (Wildman–Crippen MR) is 104 cm³/mol. The van der Waals surface area contributed by atoms with Gasteiger partial charge in [0.05, 0.1) is 5.92 Å². The number of carbonyl (C=O) groups is 2. The lowest BCUT2D eigenvalue weighted by Gasteiger charge is -2.30. The molecule has 1 atom stereocenters. The maximum atomic E-state index is 12.3. The molecule has 27 heavy (non-hydrogen) atoms. The molecular formula is C20H31N3O4. The molecule has 1 fully saturated rings. The van der Waals surface area contributed by atoms with E-state index in [1.54, 1.807) is 4.90 Å². The number of carboxylic acid groups (broad SMARTS) is 1. The number of rotatable bonds is 9. The van der Waals surface area contributed by atoms with Crippen molar-refractivity contribution in [1.82, 2.24) is 15.1 Å². The van der Waals surface area contributed by atoms with E-state index < -0.39 is 11.9 Å². The molecule has 0 radical (unpaired) electrons. The van der Waals surface area contributed by atoms with Crippen molar-refractivity contribution >= 4 is 12.0 Å². The summed E-state index contributed by atoms with van der Waals surface area (Å²) in [6, 6.07) is 7.48. The van der Waals surface area contributed by atoms with Gasteiger partial charge in [0.25, 0.3) is 0 Å². The number of carbonyl (C=O) groups excluding carboxylic acids is 1. The first kappa shape index (κ1) is 21.0. The van der Waals surface area contributed by atoms with Crippen molar-refractivity contribution in [3.05, 3.63) is 29.8 Å². The minimum absolute atomic E-state index is 0.208. The number of amides is 2. The summed E-state index contributed by atoms with van der Waals surface area (Å²) >= 11 is 0. The zero-order valence-corrected chi connectivity index (χ0v) is 16.3. The molecule has 1 aromatic rings. The molecule has 0 spiro atoms. The first-order valence-corrected chi connectivity index (χ1v) is 9.73. The van der Waals surface area contributed by atoms with Gasteiger partial charge in [0.2, 0.25) is 0 Å². The summed E-state index contributed by atoms with van der Waals surface area (Å²) in [5.74, 6) is -0.473. The van der Waals surface area contributed by atoms with Crippen LogP contribution >= 0.6 is 0 Å². The number of aliphatic carboxylic acids is 1. The van der Waals surface area contributed by atoms with Crippen molar-refractivity contribution in [1.29, 1.82) is 0 Å². The van der Waals surface area contributed by atoms with Gasteiger partial charge in [-0.15, -0.1) is 0 Å². The van der Waals surface area contributed by atoms with Gasteiger partial charge in [-0.25, -0.2) is 4.79 Å². The second kappa shape index (κ2) is 10.8. The summed E-state index contributed by atoms with van der Waals surface area (Å²) < 4.78 is 5.76. The van der Waals surface area contributed by atoms with Crippen LogP contribution in [0.25, 0.3) is 0 Å². The topological polar surface area (TPSA) is 82.1 Å². The summed E-state index contributed by atoms with van der Waals surface area (Å²) in [6.45, 7) is 9.15. The van der Waals surface area contributed by atoms with E-state index in [1.165, 1.54) is 0 Å². The third-order valence-corrected chi connectivity index (χ3v) is 5.00. The largest absolute Gasteiger partial charge is 0.492 e. The Labute approximate surface area is 161 Å². The van der Waals surface area contributed by atoms with Crippen molar-refractivity contribution < 1.29 is 19.4 Å². The molecule has 1 unspecified atom stereocenters. The van der Waals surface area contributed by atoms with Crippen molar-refractivity contribution in [2.45, 2.75) is 33.2 Å². The van der Waals surface area contributed by atoms with Gasteiger partial charge in [0, 0.05) is 26.2 Å². The number of benzene rings is 1. The Kier molecular flexibility index (Phi) is 8.39. The highest BCUT2D eigenvalue weighted by molar-refractivity contribution is 5.76. The van der Waals surface area contributed by atoms with Crippen LogP contribution in [-0.4, -0.2) is 66.2 Å². The summed E-state index contributed by atoms with van der Waals surface area (Å²) in [5, 5.41) is 12.0. The molecule has 1 aliphatic rings. The van der Waals surface area contributed by atoms with Crippen molar-refractivity contribution in [3.8, 4) is 5.75 Å². The van der Waals surface area contributed by atoms with Crippen molar-refractivity contribution in [3.63, 3.8) is 0 Å². The lowest BCUT2D eigenvalue weighted by Crippen LogP contribution is -2.46. The van der Waals surface area contributed by atoms with Crippen LogP contribution in [0.1, 0.15) is 32.3 Å². The number of likely N-dealkylation sites (tertiary alicyclic amines) is 1. The molecule has 0 saturated carbocycles. The molecule has 0 aliphatic carbocycles. The van der Waals surface area contributed by atoms with E-state index in [2.05, 4.69) is 24.1 Å². The van der Waals surface area contributed by atoms with Crippen molar-refractivity contribution in [2.75, 3.05) is 39.3 Å². The monoisotopic (exact) mass is 377 g/mol. The van der Waals surface area contributed by atoms with Crippen molar-refractivity contribution in [2.24, 2.45) is 5.92 Å². The molecule has 2 amide bonds. The van der Waals surface area contributed by atoms with Gasteiger partial charge in [-0.2, -0.15) is 0 Å². The van der Waals surface area contributed by atoms with Gasteiger partial charge in [0.1, 0.15) is 12.4 Å². The number of piperidine rings is 1. The predicted octanol–water partition coefficient (Wildman–Crippen LogP) is 2.41. The molecule has 1 aromatic carbocycles. The fourth-order valence-electron chi connectivity index (χ4n) is 3.19. The highest BCUT2D eigenvalue weighted by Gasteiger charge is 2.27. The number of likely N-dealkylation sites (N-methyl/N-ethyl adjacent to an activating group) is 1. The van der Waals surface area contributed by atoms with Crippen LogP contribution in [0.15, 0.2) is 24.3 Å². The van der Waals surface area contributed by atoms with Gasteiger partial charge in [-0.3, -0.25) is 4.79 Å². The maximum Gasteiger partial charge on any atom is 0.317 e. The zero-order valence-electron chi connectivity index (χ0n) is 16.3. The second-order valence-electron chi connectivity index (χ2n) is 6.80. The smallest absolute Gasteiger partial charge is 0.317 e. The summed E-state index contributed by atoms with van der Waals surface area (Å²) in [7, 11) is 0. The fraction of sp³-hybridized carbons (Fsp3) is 0.600. The van der Waals surface area contributed by atoms with Crippen LogP contribution in [0, 0.1) is 5.92 Å². The van der Waals surface area contributed by atoms with Crippen LogP contribution in [0.2, 0.25) is 0 Å². The third-order valence-electron chi connectivity index (χ3n) is 5.00. The van der Waals surface area contributed by atoms with Gasteiger partial charge < -0.3 is 25.0 Å². The van der Waals surface area contributed by atoms with Crippen LogP contribution in [0.5, 0.6) is 5.75 Å². The molecule has 1 saturated heterocycles. The number of nitrogens with one attached hydrogen (secondary N) is 1. The Morgan fingerprint density at radius 1 is 1.26 bits per heavy atom. The lowest BCUT2D eigenvalue weighted by molar-refractivity contribution is -0.143. The number of ether oxygens (including phenoxy) is 1. The molecule has 7 heteroatoms. The number of hydrogen-bond acceptors (Lipinski definition) is 4. The standard InChI is InChI=1S/C20H31N3O4/c1-3-22(4-2)12-13-27-18-9-7-16(8-10-18)14-21-20(26)23-11-5-6-17(15-23)19(24)25/h7-10,17H,3-6,11-15H2,1-2H3,(H,21,26)(H,24,25). The SMILES string of the molecule is CCN(CC)CCOc1ccc(CNC(=O)N2CCCC(C(=O)O)C2)cc1. The van der Waals surface area contributed by atoms with Crippen LogP contribution in [0.3, 0.4) is 0 Å². The molecule has 1 aliphatic heterocycles. The summed E-state index contributed by atoms with van der Waals surface area (Å²) in [5.41, 5.74) is 0.978. The molecule has 1 heterocycles. The Hall–Kier alpha value is -2.28. The number of urea groups is 1. The molecular weight excluding hydrogens is 346 g/mol. The number of nitrogens with zero attached hydrogens (tertiary/aromatic N) is 2. The van der Waals surface area contributed by atoms with Gasteiger partial charge in [-0.05, 0) is 43.6 Å². The van der Waals surface area contributed by atoms with E-state index >= 15 is 0 Å². The third kappa shape index (κ3) is 6.75. The highest BCUT2D eigenvalue weighted by Crippen LogP contribution is 2.17. The Bertz CT molecular complexity index is 602. The Balaban J connectivity index is 1.74. The van der Waals surface area contributed by atoms with E-state index in [1.807, 2.05) is 24.3 Å². The average molecular weight is 377 g/mol. The van der Waals surface area contributed by atoms with Gasteiger partial charge in [-0.1, -0.05) is 26.0 Å². The fourth-order valence-corrected chi connectivity index (χ4v) is 3.19. The average Bonchev–Trinajstić information content (AvgIpc) is 2.70. The van der Waals surface area contributed by atoms with Crippen LogP contribution in [0.4, 0.5) is 4.79 Å². The van der Waals surface area contributed by atoms with E-state index in [4.69, 9.17) is 9.84 Å².